The van der Waals surface area contributed by atoms with E-state index in [1.807, 2.05) is 0 Å². The van der Waals surface area contributed by atoms with Crippen molar-refractivity contribution in [2.24, 2.45) is 0 Å². The van der Waals surface area contributed by atoms with Gasteiger partial charge in [-0.2, -0.15) is 0 Å². The molecule has 2 heterocycles. The minimum absolute atomic E-state index is 0.0939. The maximum absolute atomic E-state index is 12.3. The second kappa shape index (κ2) is 10.9. The summed E-state index contributed by atoms with van der Waals surface area (Å²) in [5.74, 6) is 0. The number of nitrogens with zero attached hydrogens (tertiary/aromatic N) is 1. The summed E-state index contributed by atoms with van der Waals surface area (Å²) in [4.78, 5) is 25.9. The van der Waals surface area contributed by atoms with Crippen molar-refractivity contribution in [3.05, 3.63) is 33.1 Å². The molecule has 0 spiro atoms. The van der Waals surface area contributed by atoms with Gasteiger partial charge in [0, 0.05) is 12.3 Å². The summed E-state index contributed by atoms with van der Waals surface area (Å²) in [5.41, 5.74) is -0.225. The van der Waals surface area contributed by atoms with Crippen LogP contribution in [0, 0.1) is 0 Å². The second-order valence-corrected chi connectivity index (χ2v) is 18.5. The van der Waals surface area contributed by atoms with Crippen molar-refractivity contribution in [2.45, 2.75) is 102 Å². The molecular formula is C21H40N2O7Si2. The number of aliphatic hydroxyl groups excluding tert-OH is 2. The fourth-order valence-electron chi connectivity index (χ4n) is 4.58. The van der Waals surface area contributed by atoms with E-state index in [4.69, 9.17) is 13.3 Å². The lowest BCUT2D eigenvalue weighted by Crippen LogP contribution is -2.57. The highest BCUT2D eigenvalue weighted by molar-refractivity contribution is 6.78. The van der Waals surface area contributed by atoms with Crippen molar-refractivity contribution in [3.8, 4) is 0 Å². The lowest BCUT2D eigenvalue weighted by molar-refractivity contribution is -0.0551. The standard InChI is InChI=1S/C21H40N2O7Si2/c1-12(2)31(13(3)4)30-32(14(5)6,15(7)8)29-19-16(11-24)28-20(18(19)26)23-10-9-17(25)22-21(23)27/h9-10,12-16,18-20,24,26,31H,11H2,1-8H3,(H,22,25,27). The highest BCUT2D eigenvalue weighted by atomic mass is 28.4. The Labute approximate surface area is 192 Å². The quantitative estimate of drug-likeness (QED) is 0.430. The zero-order chi connectivity index (χ0) is 24.4. The van der Waals surface area contributed by atoms with E-state index in [1.54, 1.807) is 0 Å². The molecule has 11 heteroatoms. The molecule has 0 bridgehead atoms. The van der Waals surface area contributed by atoms with E-state index in [0.29, 0.717) is 11.1 Å². The number of hydrogen-bond donors (Lipinski definition) is 3. The Morgan fingerprint density at radius 3 is 2.12 bits per heavy atom. The lowest BCUT2D eigenvalue weighted by Gasteiger charge is -2.44. The van der Waals surface area contributed by atoms with Gasteiger partial charge in [0.25, 0.3) is 5.56 Å². The largest absolute Gasteiger partial charge is 0.437 e. The van der Waals surface area contributed by atoms with E-state index in [9.17, 15) is 19.8 Å². The van der Waals surface area contributed by atoms with Gasteiger partial charge in [0.2, 0.25) is 0 Å². The first-order valence-corrected chi connectivity index (χ1v) is 15.2. The molecule has 1 aromatic heterocycles. The average Bonchev–Trinajstić information content (AvgIpc) is 2.99. The van der Waals surface area contributed by atoms with Gasteiger partial charge in [-0.3, -0.25) is 14.3 Å². The predicted molar refractivity (Wildman–Crippen MR) is 128 cm³/mol. The highest BCUT2D eigenvalue weighted by Crippen LogP contribution is 2.42. The minimum atomic E-state index is -2.89. The first-order chi connectivity index (χ1) is 14.8. The molecule has 4 atom stereocenters. The number of rotatable bonds is 10. The van der Waals surface area contributed by atoms with Crippen molar-refractivity contribution in [1.29, 1.82) is 0 Å². The smallest absolute Gasteiger partial charge is 0.333 e. The highest BCUT2D eigenvalue weighted by Gasteiger charge is 2.54. The van der Waals surface area contributed by atoms with Crippen molar-refractivity contribution >= 4 is 17.6 Å². The number of ether oxygens (including phenoxy) is 1. The molecule has 2 rings (SSSR count). The normalized spacial score (nSPS) is 24.6. The van der Waals surface area contributed by atoms with Crippen molar-refractivity contribution in [3.63, 3.8) is 0 Å². The molecule has 1 aliphatic rings. The van der Waals surface area contributed by atoms with E-state index in [-0.39, 0.29) is 17.7 Å². The Hall–Kier alpha value is -1.09. The van der Waals surface area contributed by atoms with Crippen LogP contribution < -0.4 is 11.2 Å². The maximum Gasteiger partial charge on any atom is 0.333 e. The molecule has 0 saturated carbocycles. The number of H-pyrrole nitrogens is 1. The lowest BCUT2D eigenvalue weighted by atomic mass is 10.1. The summed E-state index contributed by atoms with van der Waals surface area (Å²) in [7, 11) is -4.55. The summed E-state index contributed by atoms with van der Waals surface area (Å²) in [5, 5.41) is 21.1. The summed E-state index contributed by atoms with van der Waals surface area (Å²) < 4.78 is 20.6. The SMILES string of the molecule is CC(C)[SiH](O[Si](OC1C(CO)OC(n2ccc(=O)[nH]c2=O)C1O)(C(C)C)C(C)C)C(C)C. The molecule has 184 valence electrons. The van der Waals surface area contributed by atoms with Crippen LogP contribution in [0.4, 0.5) is 0 Å². The molecule has 1 aliphatic heterocycles. The van der Waals surface area contributed by atoms with E-state index in [0.717, 1.165) is 4.57 Å². The van der Waals surface area contributed by atoms with E-state index in [1.165, 1.54) is 12.3 Å². The number of aromatic amines is 1. The molecule has 32 heavy (non-hydrogen) atoms. The van der Waals surface area contributed by atoms with Crippen molar-refractivity contribution < 1.29 is 23.5 Å². The summed E-state index contributed by atoms with van der Waals surface area (Å²) in [6, 6.07) is 1.19. The Bertz CT molecular complexity index is 839. The van der Waals surface area contributed by atoms with Gasteiger partial charge in [0.05, 0.1) is 6.61 Å². The van der Waals surface area contributed by atoms with Crippen LogP contribution in [0.1, 0.15) is 61.6 Å². The monoisotopic (exact) mass is 488 g/mol. The molecule has 0 radical (unpaired) electrons. The summed E-state index contributed by atoms with van der Waals surface area (Å²) in [6.45, 7) is 16.7. The zero-order valence-corrected chi connectivity index (χ0v) is 22.6. The molecule has 1 fully saturated rings. The van der Waals surface area contributed by atoms with Crippen molar-refractivity contribution in [1.82, 2.24) is 9.55 Å². The van der Waals surface area contributed by atoms with Crippen molar-refractivity contribution in [2.75, 3.05) is 6.61 Å². The second-order valence-electron chi connectivity index (χ2n) is 9.94. The molecule has 0 aromatic carbocycles. The third-order valence-electron chi connectivity index (χ3n) is 6.18. The topological polar surface area (TPSA) is 123 Å². The molecule has 1 saturated heterocycles. The van der Waals surface area contributed by atoms with Gasteiger partial charge in [-0.1, -0.05) is 55.4 Å². The van der Waals surface area contributed by atoms with Crippen LogP contribution in [0.25, 0.3) is 0 Å². The summed E-state index contributed by atoms with van der Waals surface area (Å²) >= 11 is 0. The summed E-state index contributed by atoms with van der Waals surface area (Å²) in [6.07, 6.45) is -2.73. The van der Waals surface area contributed by atoms with Crippen LogP contribution in [0.2, 0.25) is 22.2 Å². The number of aliphatic hydroxyl groups is 2. The van der Waals surface area contributed by atoms with Crippen LogP contribution in [-0.4, -0.2) is 62.3 Å². The maximum atomic E-state index is 12.3. The Kier molecular flexibility index (Phi) is 9.25. The third-order valence-corrected chi connectivity index (χ3v) is 15.2. The number of hydrogen-bond acceptors (Lipinski definition) is 7. The van der Waals surface area contributed by atoms with Crippen LogP contribution >= 0.6 is 0 Å². The van der Waals surface area contributed by atoms with Gasteiger partial charge in [-0.25, -0.2) is 4.79 Å². The molecular weight excluding hydrogens is 448 g/mol. The zero-order valence-electron chi connectivity index (χ0n) is 20.4. The molecule has 0 amide bonds. The number of nitrogens with one attached hydrogen (secondary N) is 1. The molecule has 3 N–H and O–H groups in total. The van der Waals surface area contributed by atoms with Crippen LogP contribution in [0.3, 0.4) is 0 Å². The molecule has 0 aliphatic carbocycles. The molecule has 1 aromatic rings. The molecule has 4 unspecified atom stereocenters. The van der Waals surface area contributed by atoms with E-state index in [2.05, 4.69) is 60.4 Å². The third kappa shape index (κ3) is 5.52. The Balaban J connectivity index is 2.44. The van der Waals surface area contributed by atoms with Gasteiger partial charge in [0.15, 0.2) is 15.3 Å². The van der Waals surface area contributed by atoms with E-state index < -0.39 is 53.4 Å². The van der Waals surface area contributed by atoms with Gasteiger partial charge in [-0.15, -0.1) is 0 Å². The average molecular weight is 489 g/mol. The van der Waals surface area contributed by atoms with Gasteiger partial charge < -0.3 is 23.5 Å². The molecule has 9 nitrogen and oxygen atoms in total. The number of aromatic nitrogens is 2. The van der Waals surface area contributed by atoms with Gasteiger partial charge >= 0.3 is 14.3 Å². The Morgan fingerprint density at radius 2 is 1.69 bits per heavy atom. The first kappa shape index (κ1) is 27.2. The fraction of sp³-hybridized carbons (Fsp3) is 0.810. The van der Waals surface area contributed by atoms with Crippen LogP contribution in [0.15, 0.2) is 21.9 Å². The first-order valence-electron chi connectivity index (χ1n) is 11.5. The van der Waals surface area contributed by atoms with Crippen LogP contribution in [0.5, 0.6) is 0 Å². The Morgan fingerprint density at radius 1 is 1.12 bits per heavy atom. The van der Waals surface area contributed by atoms with Gasteiger partial charge in [0.1, 0.15) is 18.3 Å². The van der Waals surface area contributed by atoms with Crippen LogP contribution in [-0.2, 0) is 13.3 Å². The minimum Gasteiger partial charge on any atom is -0.437 e. The van der Waals surface area contributed by atoms with Gasteiger partial charge in [-0.05, 0) is 22.2 Å². The fourth-order valence-corrected chi connectivity index (χ4v) is 15.0. The van der Waals surface area contributed by atoms with E-state index >= 15 is 0 Å². The predicted octanol–water partition coefficient (Wildman–Crippen LogP) is 1.99.